The van der Waals surface area contributed by atoms with Gasteiger partial charge >= 0.3 is 0 Å². The molecule has 2 saturated heterocycles. The Labute approximate surface area is 313 Å². The van der Waals surface area contributed by atoms with E-state index in [2.05, 4.69) is 81.1 Å². The van der Waals surface area contributed by atoms with Gasteiger partial charge in [-0.25, -0.2) is 19.6 Å². The van der Waals surface area contributed by atoms with E-state index in [1.54, 1.807) is 34.9 Å². The normalized spacial score (nSPS) is 22.9. The summed E-state index contributed by atoms with van der Waals surface area (Å²) in [6.45, 7) is 8.88. The summed E-state index contributed by atoms with van der Waals surface area (Å²) in [5, 5.41) is 29.7. The average Bonchev–Trinajstić information content (AvgIpc) is 3.88. The molecule has 2 aliphatic heterocycles. The molecule has 0 radical (unpaired) electrons. The molecule has 2 atom stereocenters. The maximum Gasteiger partial charge on any atom is 0.236 e. The number of nitriles is 1. The number of nitrogens with one attached hydrogen (secondary N) is 2. The molecular weight excluding hydrogens is 683 g/mol. The first-order chi connectivity index (χ1) is 26.3. The molecule has 1 saturated carbocycles. The molecule has 0 bridgehead atoms. The van der Waals surface area contributed by atoms with Crippen molar-refractivity contribution < 1.29 is 9.59 Å². The number of carbonyl (C=O) groups excluding carboxylic acids is 2. The fourth-order valence-electron chi connectivity index (χ4n) is 8.10. The van der Waals surface area contributed by atoms with E-state index >= 15 is 0 Å². The number of pyridine rings is 1. The number of anilines is 2. The van der Waals surface area contributed by atoms with Gasteiger partial charge in [-0.05, 0) is 82.5 Å². The fraction of sp³-hybridized carbons (Fsp3) is 0.462. The van der Waals surface area contributed by atoms with Crippen molar-refractivity contribution in [2.24, 2.45) is 5.92 Å². The highest BCUT2D eigenvalue weighted by molar-refractivity contribution is 6.03. The number of nitrogens with zero attached hydrogens (tertiary/aromatic N) is 11. The van der Waals surface area contributed by atoms with Crippen LogP contribution in [0.25, 0.3) is 22.5 Å². The zero-order valence-electron chi connectivity index (χ0n) is 30.7. The first-order valence-electron chi connectivity index (χ1n) is 18.9. The number of aromatic nitrogens is 8. The van der Waals surface area contributed by atoms with Gasteiger partial charge in [0.15, 0.2) is 11.5 Å². The highest BCUT2D eigenvalue weighted by Crippen LogP contribution is 2.37. The number of piperazine rings is 1. The summed E-state index contributed by atoms with van der Waals surface area (Å²) in [6, 6.07) is 12.0. The molecule has 0 spiro atoms. The standard InChI is InChI=1S/C39H45N13O2/c1-26(20-40)45-32-19-35(52-37-29(22-44-52)21-41-25-43-37)42-23-34(32)51-24-33(47-48-51)28-5-3-27(4-6-28)12-14-49-15-17-50(18-16-49)31-9-7-30(8-10-31)39(2)13-11-36(53)46-38(39)54/h7-10,19,21-28H,3-6,11-18H2,1-2H3,(H,42,45)(H,46,53,54)/t26-,27?,28?,39-/m1/s1. The lowest BCUT2D eigenvalue weighted by Crippen LogP contribution is -2.49. The van der Waals surface area contributed by atoms with Gasteiger partial charge in [0.25, 0.3) is 0 Å². The molecule has 1 aromatic carbocycles. The van der Waals surface area contributed by atoms with Gasteiger partial charge in [-0.2, -0.15) is 15.0 Å². The van der Waals surface area contributed by atoms with Crippen LogP contribution in [0.2, 0.25) is 0 Å². The zero-order valence-corrected chi connectivity index (χ0v) is 30.7. The molecule has 2 N–H and O–H groups in total. The summed E-state index contributed by atoms with van der Waals surface area (Å²) < 4.78 is 3.41. The Morgan fingerprint density at radius 1 is 1.04 bits per heavy atom. The van der Waals surface area contributed by atoms with Gasteiger partial charge in [-0.3, -0.25) is 19.8 Å². The third-order valence-electron chi connectivity index (χ3n) is 11.6. The maximum absolute atomic E-state index is 12.6. The van der Waals surface area contributed by atoms with Crippen LogP contribution in [-0.4, -0.2) is 95.2 Å². The molecule has 2 amide bonds. The third-order valence-corrected chi connectivity index (χ3v) is 11.6. The molecule has 6 heterocycles. The van der Waals surface area contributed by atoms with E-state index in [4.69, 9.17) is 0 Å². The number of fused-ring (bicyclic) bond motifs is 1. The molecule has 0 unspecified atom stereocenters. The van der Waals surface area contributed by atoms with Crippen LogP contribution < -0.4 is 15.5 Å². The van der Waals surface area contributed by atoms with E-state index in [-0.39, 0.29) is 11.8 Å². The van der Waals surface area contributed by atoms with Crippen LogP contribution in [0.5, 0.6) is 0 Å². The predicted molar refractivity (Wildman–Crippen MR) is 202 cm³/mol. The number of rotatable bonds is 10. The van der Waals surface area contributed by atoms with Crippen LogP contribution >= 0.6 is 0 Å². The molecule has 278 valence electrons. The van der Waals surface area contributed by atoms with E-state index < -0.39 is 11.5 Å². The number of hydrogen-bond donors (Lipinski definition) is 2. The Hall–Kier alpha value is -5.75. The second-order valence-electron chi connectivity index (χ2n) is 15.1. The Bertz CT molecular complexity index is 2170. The Balaban J connectivity index is 0.830. The lowest BCUT2D eigenvalue weighted by Gasteiger charge is -2.37. The monoisotopic (exact) mass is 727 g/mol. The molecule has 3 aliphatic rings. The van der Waals surface area contributed by atoms with Crippen LogP contribution in [0.1, 0.15) is 76.0 Å². The van der Waals surface area contributed by atoms with Crippen molar-refractivity contribution in [3.63, 3.8) is 0 Å². The van der Waals surface area contributed by atoms with E-state index in [0.29, 0.717) is 47.5 Å². The minimum atomic E-state index is -0.664. The minimum Gasteiger partial charge on any atom is -0.369 e. The van der Waals surface area contributed by atoms with Gasteiger partial charge in [0.2, 0.25) is 11.8 Å². The van der Waals surface area contributed by atoms with Gasteiger partial charge in [0.1, 0.15) is 18.1 Å². The number of benzene rings is 1. The molecule has 54 heavy (non-hydrogen) atoms. The summed E-state index contributed by atoms with van der Waals surface area (Å²) in [5.41, 5.74) is 4.52. The lowest BCUT2D eigenvalue weighted by atomic mass is 9.75. The predicted octanol–water partition coefficient (Wildman–Crippen LogP) is 4.30. The van der Waals surface area contributed by atoms with Crippen molar-refractivity contribution >= 4 is 34.2 Å². The summed E-state index contributed by atoms with van der Waals surface area (Å²) >= 11 is 0. The minimum absolute atomic E-state index is 0.188. The molecule has 15 nitrogen and oxygen atoms in total. The first-order valence-corrected chi connectivity index (χ1v) is 18.9. The van der Waals surface area contributed by atoms with Crippen molar-refractivity contribution in [1.29, 1.82) is 5.26 Å². The smallest absolute Gasteiger partial charge is 0.236 e. The Kier molecular flexibility index (Phi) is 9.76. The SMILES string of the molecule is C[C@H](C#N)Nc1cc(-n2ncc3cncnc32)ncc1-n1cc(C2CCC(CCN3CCN(c4ccc([C@@]5(C)CCC(=O)NC5=O)cc4)CC3)CC2)nn1. The van der Waals surface area contributed by atoms with Crippen LogP contribution in [-0.2, 0) is 15.0 Å². The second-order valence-corrected chi connectivity index (χ2v) is 15.1. The van der Waals surface area contributed by atoms with Gasteiger partial charge in [-0.15, -0.1) is 5.10 Å². The van der Waals surface area contributed by atoms with Crippen molar-refractivity contribution in [2.75, 3.05) is 42.9 Å². The number of amides is 2. The molecule has 1 aliphatic carbocycles. The van der Waals surface area contributed by atoms with Gasteiger partial charge in [-0.1, -0.05) is 17.3 Å². The van der Waals surface area contributed by atoms with E-state index in [0.717, 1.165) is 62.2 Å². The number of piperidine rings is 1. The van der Waals surface area contributed by atoms with E-state index in [9.17, 15) is 14.9 Å². The van der Waals surface area contributed by atoms with E-state index in [1.807, 2.05) is 19.2 Å². The Morgan fingerprint density at radius 2 is 1.83 bits per heavy atom. The van der Waals surface area contributed by atoms with Crippen LogP contribution in [0, 0.1) is 17.2 Å². The van der Waals surface area contributed by atoms with Gasteiger partial charge in [0, 0.05) is 56.5 Å². The number of carbonyl (C=O) groups is 2. The van der Waals surface area contributed by atoms with E-state index in [1.165, 1.54) is 31.3 Å². The quantitative estimate of drug-likeness (QED) is 0.196. The molecule has 3 fully saturated rings. The molecule has 15 heteroatoms. The van der Waals surface area contributed by atoms with Crippen LogP contribution in [0.15, 0.2) is 61.4 Å². The molecule has 4 aromatic heterocycles. The topological polar surface area (TPSA) is 176 Å². The molecule has 5 aromatic rings. The van der Waals surface area contributed by atoms with Crippen LogP contribution in [0.4, 0.5) is 11.4 Å². The summed E-state index contributed by atoms with van der Waals surface area (Å²) in [7, 11) is 0. The lowest BCUT2D eigenvalue weighted by molar-refractivity contribution is -0.137. The van der Waals surface area contributed by atoms with Crippen molar-refractivity contribution in [3.8, 4) is 17.6 Å². The highest BCUT2D eigenvalue weighted by atomic mass is 16.2. The average molecular weight is 728 g/mol. The third kappa shape index (κ3) is 7.13. The molecule has 8 rings (SSSR count). The van der Waals surface area contributed by atoms with Crippen molar-refractivity contribution in [2.45, 2.75) is 76.2 Å². The summed E-state index contributed by atoms with van der Waals surface area (Å²) in [6.07, 6.45) is 15.3. The number of imide groups is 1. The van der Waals surface area contributed by atoms with Crippen LogP contribution in [0.3, 0.4) is 0 Å². The van der Waals surface area contributed by atoms with Gasteiger partial charge < -0.3 is 10.2 Å². The first kappa shape index (κ1) is 35.3. The number of hydrogen-bond acceptors (Lipinski definition) is 12. The Morgan fingerprint density at radius 3 is 2.59 bits per heavy atom. The van der Waals surface area contributed by atoms with Crippen molar-refractivity contribution in [3.05, 3.63) is 72.7 Å². The fourth-order valence-corrected chi connectivity index (χ4v) is 8.10. The zero-order chi connectivity index (χ0) is 37.2. The van der Waals surface area contributed by atoms with Crippen molar-refractivity contribution in [1.82, 2.24) is 49.9 Å². The van der Waals surface area contributed by atoms with Gasteiger partial charge in [0.05, 0.1) is 46.8 Å². The molecular formula is C39H45N13O2. The highest BCUT2D eigenvalue weighted by Gasteiger charge is 2.40. The summed E-state index contributed by atoms with van der Waals surface area (Å²) in [4.78, 5) is 42.4. The maximum atomic E-state index is 12.6. The summed E-state index contributed by atoms with van der Waals surface area (Å²) in [5.74, 6) is 1.24. The largest absolute Gasteiger partial charge is 0.369 e. The second kappa shape index (κ2) is 14.9.